The Kier molecular flexibility index (Phi) is 14.6. The number of allylic oxidation sites excluding steroid dienone is 4. The van der Waals surface area contributed by atoms with Gasteiger partial charge in [0.05, 0.1) is 5.82 Å². The lowest BCUT2D eigenvalue weighted by Crippen LogP contribution is -2.43. The molecule has 0 unspecified atom stereocenters. The quantitative estimate of drug-likeness (QED) is 0.314. The fourth-order valence-electron chi connectivity index (χ4n) is 1.90. The number of hydrogen-bond donors (Lipinski definition) is 3. The summed E-state index contributed by atoms with van der Waals surface area (Å²) in [5, 5.41) is 9.69. The van der Waals surface area contributed by atoms with Gasteiger partial charge in [-0.25, -0.2) is 0 Å². The first-order chi connectivity index (χ1) is 10.7. The maximum absolute atomic E-state index is 4.03. The van der Waals surface area contributed by atoms with E-state index >= 15 is 0 Å². The first-order valence-electron chi connectivity index (χ1n) is 8.50. The first-order valence-corrected chi connectivity index (χ1v) is 8.50. The van der Waals surface area contributed by atoms with Crippen molar-refractivity contribution in [3.8, 4) is 0 Å². The highest BCUT2D eigenvalue weighted by Crippen LogP contribution is 2.16. The van der Waals surface area contributed by atoms with Crippen LogP contribution < -0.4 is 16.0 Å². The van der Waals surface area contributed by atoms with Crippen LogP contribution in [0.3, 0.4) is 0 Å². The number of rotatable bonds is 10. The van der Waals surface area contributed by atoms with Crippen LogP contribution in [0.1, 0.15) is 54.4 Å². The molecule has 0 aliphatic heterocycles. The lowest BCUT2D eigenvalue weighted by molar-refractivity contribution is 0.412. The predicted octanol–water partition coefficient (Wildman–Crippen LogP) is 4.52. The van der Waals surface area contributed by atoms with E-state index in [1.165, 1.54) is 12.0 Å². The molecule has 0 saturated heterocycles. The third kappa shape index (κ3) is 16.7. The second-order valence-electron chi connectivity index (χ2n) is 6.34. The molecule has 0 atom stereocenters. The Hall–Kier alpha value is -1.48. The fourth-order valence-corrected chi connectivity index (χ4v) is 1.90. The molecule has 0 fully saturated rings. The van der Waals surface area contributed by atoms with Crippen LogP contribution in [-0.2, 0) is 0 Å². The second-order valence-corrected chi connectivity index (χ2v) is 6.34. The van der Waals surface area contributed by atoms with Gasteiger partial charge >= 0.3 is 0 Å². The molecular formula is C20H39N3. The molecule has 0 aromatic carbocycles. The smallest absolute Gasteiger partial charge is 0.0917 e. The highest BCUT2D eigenvalue weighted by Gasteiger charge is 2.18. The summed E-state index contributed by atoms with van der Waals surface area (Å²) in [7, 11) is 1.93. The molecule has 0 aliphatic carbocycles. The highest BCUT2D eigenvalue weighted by atomic mass is 15.1. The van der Waals surface area contributed by atoms with Crippen LogP contribution in [-0.4, -0.2) is 25.7 Å². The van der Waals surface area contributed by atoms with Crippen LogP contribution >= 0.6 is 0 Å². The van der Waals surface area contributed by atoms with Gasteiger partial charge in [-0.15, -0.1) is 0 Å². The van der Waals surface area contributed by atoms with Crippen molar-refractivity contribution in [3.63, 3.8) is 0 Å². The SMILES string of the molecule is C/C=C(\C)CC.C=C(/C=C\C)CC(C)(C)NC(=C)NCCNC. The van der Waals surface area contributed by atoms with E-state index in [0.29, 0.717) is 0 Å². The van der Waals surface area contributed by atoms with Gasteiger partial charge < -0.3 is 16.0 Å². The van der Waals surface area contributed by atoms with Gasteiger partial charge in [-0.3, -0.25) is 0 Å². The van der Waals surface area contributed by atoms with E-state index in [0.717, 1.165) is 30.9 Å². The van der Waals surface area contributed by atoms with Gasteiger partial charge in [-0.05, 0) is 54.5 Å². The Morgan fingerprint density at radius 1 is 1.13 bits per heavy atom. The minimum Gasteiger partial charge on any atom is -0.371 e. The maximum atomic E-state index is 4.03. The molecule has 0 aromatic heterocycles. The molecule has 23 heavy (non-hydrogen) atoms. The molecule has 0 heterocycles. The Bertz CT molecular complexity index is 390. The summed E-state index contributed by atoms with van der Waals surface area (Å²) in [6.07, 6.45) is 8.28. The van der Waals surface area contributed by atoms with E-state index in [4.69, 9.17) is 0 Å². The standard InChI is InChI=1S/C14H27N3.C6H12/c1-7-8-12(2)11-14(4,5)17-13(3)16-10-9-15-6;1-4-6(3)5-2/h7-8,15-17H,2-3,9-11H2,1,4-6H3;4H,5H2,1-3H3/b8-7-;6-4+. The third-order valence-corrected chi connectivity index (χ3v) is 3.32. The monoisotopic (exact) mass is 321 g/mol. The topological polar surface area (TPSA) is 36.1 Å². The molecule has 0 bridgehead atoms. The Morgan fingerprint density at radius 3 is 2.13 bits per heavy atom. The number of likely N-dealkylation sites (N-methyl/N-ethyl adjacent to an activating group) is 1. The van der Waals surface area contributed by atoms with Crippen LogP contribution in [0.2, 0.25) is 0 Å². The molecule has 3 nitrogen and oxygen atoms in total. The largest absolute Gasteiger partial charge is 0.371 e. The van der Waals surface area contributed by atoms with Crippen molar-refractivity contribution in [2.75, 3.05) is 20.1 Å². The van der Waals surface area contributed by atoms with Gasteiger partial charge in [-0.1, -0.05) is 49.5 Å². The normalized spacial score (nSPS) is 11.7. The number of hydrogen-bond acceptors (Lipinski definition) is 3. The van der Waals surface area contributed by atoms with Crippen LogP contribution in [0.4, 0.5) is 0 Å². The van der Waals surface area contributed by atoms with Crippen LogP contribution in [0, 0.1) is 0 Å². The van der Waals surface area contributed by atoms with Crippen molar-refractivity contribution in [1.29, 1.82) is 0 Å². The van der Waals surface area contributed by atoms with E-state index in [9.17, 15) is 0 Å². The summed E-state index contributed by atoms with van der Waals surface area (Å²) in [6.45, 7) is 22.4. The van der Waals surface area contributed by atoms with E-state index in [1.807, 2.05) is 26.1 Å². The average molecular weight is 322 g/mol. The lowest BCUT2D eigenvalue weighted by atomic mass is 9.95. The van der Waals surface area contributed by atoms with Crippen LogP contribution in [0.5, 0.6) is 0 Å². The van der Waals surface area contributed by atoms with Gasteiger partial charge in [0.2, 0.25) is 0 Å². The fraction of sp³-hybridized carbons (Fsp3) is 0.600. The summed E-state index contributed by atoms with van der Waals surface area (Å²) < 4.78 is 0. The van der Waals surface area contributed by atoms with Gasteiger partial charge in [0, 0.05) is 18.6 Å². The summed E-state index contributed by atoms with van der Waals surface area (Å²) >= 11 is 0. The molecule has 0 spiro atoms. The Morgan fingerprint density at radius 2 is 1.74 bits per heavy atom. The van der Waals surface area contributed by atoms with Crippen molar-refractivity contribution >= 4 is 0 Å². The summed E-state index contributed by atoms with van der Waals surface area (Å²) in [5.41, 5.74) is 2.54. The van der Waals surface area contributed by atoms with Crippen LogP contribution in [0.15, 0.2) is 48.4 Å². The van der Waals surface area contributed by atoms with Crippen molar-refractivity contribution in [2.45, 2.75) is 59.9 Å². The van der Waals surface area contributed by atoms with E-state index < -0.39 is 0 Å². The lowest BCUT2D eigenvalue weighted by Gasteiger charge is -2.29. The first kappa shape index (κ1) is 23.8. The summed E-state index contributed by atoms with van der Waals surface area (Å²) in [5.74, 6) is 0.860. The molecule has 0 amide bonds. The molecule has 0 saturated carbocycles. The Balaban J connectivity index is 0. The molecule has 134 valence electrons. The predicted molar refractivity (Wildman–Crippen MR) is 107 cm³/mol. The van der Waals surface area contributed by atoms with Gasteiger partial charge in [0.1, 0.15) is 0 Å². The summed E-state index contributed by atoms with van der Waals surface area (Å²) in [4.78, 5) is 0. The van der Waals surface area contributed by atoms with E-state index in [-0.39, 0.29) is 5.54 Å². The van der Waals surface area contributed by atoms with Gasteiger partial charge in [-0.2, -0.15) is 0 Å². The van der Waals surface area contributed by atoms with Crippen LogP contribution in [0.25, 0.3) is 0 Å². The zero-order chi connectivity index (χ0) is 18.3. The molecule has 3 N–H and O–H groups in total. The van der Waals surface area contributed by atoms with Crippen molar-refractivity contribution in [2.24, 2.45) is 0 Å². The average Bonchev–Trinajstić information content (AvgIpc) is 2.46. The molecule has 0 aliphatic rings. The third-order valence-electron chi connectivity index (χ3n) is 3.32. The molecule has 3 heteroatoms. The van der Waals surface area contributed by atoms with E-state index in [1.54, 1.807) is 0 Å². The molecule has 0 rings (SSSR count). The maximum Gasteiger partial charge on any atom is 0.0917 e. The molecular weight excluding hydrogens is 282 g/mol. The zero-order valence-corrected chi connectivity index (χ0v) is 16.5. The second kappa shape index (κ2) is 14.1. The Labute approximate surface area is 145 Å². The van der Waals surface area contributed by atoms with Crippen molar-refractivity contribution in [1.82, 2.24) is 16.0 Å². The minimum atomic E-state index is -0.0413. The van der Waals surface area contributed by atoms with Gasteiger partial charge in [0.15, 0.2) is 0 Å². The van der Waals surface area contributed by atoms with Crippen molar-refractivity contribution in [3.05, 3.63) is 48.4 Å². The van der Waals surface area contributed by atoms with Gasteiger partial charge in [0.25, 0.3) is 0 Å². The zero-order valence-electron chi connectivity index (χ0n) is 16.5. The van der Waals surface area contributed by atoms with E-state index in [2.05, 4.69) is 69.8 Å². The molecule has 0 radical (unpaired) electrons. The highest BCUT2D eigenvalue weighted by molar-refractivity contribution is 5.17. The molecule has 0 aromatic rings. The minimum absolute atomic E-state index is 0.0413. The van der Waals surface area contributed by atoms with Crippen molar-refractivity contribution < 1.29 is 0 Å². The number of nitrogens with one attached hydrogen (secondary N) is 3. The summed E-state index contributed by atoms with van der Waals surface area (Å²) in [6, 6.07) is 0.